The molecule has 5 heteroatoms. The van der Waals surface area contributed by atoms with Gasteiger partial charge in [-0.25, -0.2) is 0 Å². The molecule has 0 bridgehead atoms. The highest BCUT2D eigenvalue weighted by molar-refractivity contribution is 6.30. The third-order valence-corrected chi connectivity index (χ3v) is 3.98. The number of nitrogens with one attached hydrogen (secondary N) is 1. The van der Waals surface area contributed by atoms with E-state index >= 15 is 0 Å². The van der Waals surface area contributed by atoms with Crippen LogP contribution in [0.25, 0.3) is 0 Å². The fourth-order valence-corrected chi connectivity index (χ4v) is 2.60. The first-order valence-corrected chi connectivity index (χ1v) is 8.11. The quantitative estimate of drug-likeness (QED) is 0.900. The average molecular weight is 345 g/mol. The minimum atomic E-state index is -0.208. The van der Waals surface area contributed by atoms with E-state index in [1.807, 2.05) is 44.2 Å². The van der Waals surface area contributed by atoms with Crippen molar-refractivity contribution in [1.29, 1.82) is 0 Å². The number of halogens is 1. The summed E-state index contributed by atoms with van der Waals surface area (Å²) in [5.74, 6) is -0.372. The summed E-state index contributed by atoms with van der Waals surface area (Å²) in [6.07, 6.45) is 0. The van der Waals surface area contributed by atoms with Gasteiger partial charge in [0, 0.05) is 24.2 Å². The normalized spacial score (nSPS) is 10.3. The first-order chi connectivity index (χ1) is 11.4. The summed E-state index contributed by atoms with van der Waals surface area (Å²) in [5.41, 5.74) is 3.80. The lowest BCUT2D eigenvalue weighted by Gasteiger charge is -2.23. The second-order valence-corrected chi connectivity index (χ2v) is 6.23. The van der Waals surface area contributed by atoms with Crippen LogP contribution in [0.2, 0.25) is 5.02 Å². The van der Waals surface area contributed by atoms with Gasteiger partial charge in [0.1, 0.15) is 6.54 Å². The van der Waals surface area contributed by atoms with Crippen molar-refractivity contribution in [3.8, 4) is 0 Å². The van der Waals surface area contributed by atoms with Crippen LogP contribution in [0, 0.1) is 13.8 Å². The predicted molar refractivity (Wildman–Crippen MR) is 97.2 cm³/mol. The van der Waals surface area contributed by atoms with E-state index in [1.165, 1.54) is 11.8 Å². The zero-order valence-corrected chi connectivity index (χ0v) is 14.9. The van der Waals surface area contributed by atoms with Crippen molar-refractivity contribution in [3.05, 3.63) is 64.2 Å². The standard InChI is InChI=1S/C19H21ClN2O2/c1-13-4-9-18(14(2)10-13)22(15(3)23)12-19(24)21-11-16-5-7-17(20)8-6-16/h4-10H,11-12H2,1-3H3,(H,21,24). The molecule has 0 aliphatic carbocycles. The van der Waals surface area contributed by atoms with Crippen LogP contribution in [-0.2, 0) is 16.1 Å². The number of nitrogens with zero attached hydrogens (tertiary/aromatic N) is 1. The van der Waals surface area contributed by atoms with Crippen LogP contribution in [0.5, 0.6) is 0 Å². The SMILES string of the molecule is CC(=O)N(CC(=O)NCc1ccc(Cl)cc1)c1ccc(C)cc1C. The number of anilines is 1. The smallest absolute Gasteiger partial charge is 0.240 e. The molecule has 24 heavy (non-hydrogen) atoms. The number of rotatable bonds is 5. The number of carbonyl (C=O) groups is 2. The van der Waals surface area contributed by atoms with E-state index < -0.39 is 0 Å². The number of carbonyl (C=O) groups excluding carboxylic acids is 2. The Morgan fingerprint density at radius 3 is 2.33 bits per heavy atom. The fraction of sp³-hybridized carbons (Fsp3) is 0.263. The number of hydrogen-bond acceptors (Lipinski definition) is 2. The second kappa shape index (κ2) is 7.97. The number of amides is 2. The van der Waals surface area contributed by atoms with Crippen LogP contribution in [0.4, 0.5) is 5.69 Å². The zero-order valence-electron chi connectivity index (χ0n) is 14.1. The van der Waals surface area contributed by atoms with Crippen LogP contribution >= 0.6 is 11.6 Å². The summed E-state index contributed by atoms with van der Waals surface area (Å²) in [6.45, 7) is 5.78. The molecule has 0 fully saturated rings. The highest BCUT2D eigenvalue weighted by Gasteiger charge is 2.17. The molecule has 126 valence electrons. The topological polar surface area (TPSA) is 49.4 Å². The zero-order chi connectivity index (χ0) is 17.7. The third-order valence-electron chi connectivity index (χ3n) is 3.73. The molecule has 0 saturated heterocycles. The molecule has 0 aromatic heterocycles. The lowest BCUT2D eigenvalue weighted by atomic mass is 10.1. The molecular weight excluding hydrogens is 324 g/mol. The van der Waals surface area contributed by atoms with E-state index in [9.17, 15) is 9.59 Å². The van der Waals surface area contributed by atoms with Crippen molar-refractivity contribution in [2.24, 2.45) is 0 Å². The van der Waals surface area contributed by atoms with Crippen molar-refractivity contribution >= 4 is 29.1 Å². The molecule has 2 aromatic carbocycles. The van der Waals surface area contributed by atoms with Crippen LogP contribution in [0.15, 0.2) is 42.5 Å². The summed E-state index contributed by atoms with van der Waals surface area (Å²) in [4.78, 5) is 25.7. The minimum absolute atomic E-state index is 0.00712. The molecule has 0 radical (unpaired) electrons. The van der Waals surface area contributed by atoms with Gasteiger partial charge in [-0.05, 0) is 43.2 Å². The maximum absolute atomic E-state index is 12.2. The van der Waals surface area contributed by atoms with Crippen LogP contribution in [0.3, 0.4) is 0 Å². The van der Waals surface area contributed by atoms with E-state index in [0.29, 0.717) is 11.6 Å². The fourth-order valence-electron chi connectivity index (χ4n) is 2.48. The molecule has 2 aromatic rings. The molecule has 1 N–H and O–H groups in total. The summed E-state index contributed by atoms with van der Waals surface area (Å²) < 4.78 is 0. The monoisotopic (exact) mass is 344 g/mol. The number of benzene rings is 2. The summed E-state index contributed by atoms with van der Waals surface area (Å²) in [5, 5.41) is 3.48. The Morgan fingerprint density at radius 1 is 1.08 bits per heavy atom. The molecule has 0 unspecified atom stereocenters. The van der Waals surface area contributed by atoms with E-state index in [4.69, 9.17) is 11.6 Å². The highest BCUT2D eigenvalue weighted by atomic mass is 35.5. The molecule has 2 amide bonds. The predicted octanol–water partition coefficient (Wildman–Crippen LogP) is 3.63. The lowest BCUT2D eigenvalue weighted by Crippen LogP contribution is -2.40. The van der Waals surface area contributed by atoms with Gasteiger partial charge in [0.05, 0.1) is 0 Å². The van der Waals surface area contributed by atoms with Gasteiger partial charge >= 0.3 is 0 Å². The minimum Gasteiger partial charge on any atom is -0.350 e. The molecule has 4 nitrogen and oxygen atoms in total. The maximum Gasteiger partial charge on any atom is 0.240 e. The van der Waals surface area contributed by atoms with E-state index in [-0.39, 0.29) is 18.4 Å². The van der Waals surface area contributed by atoms with Crippen molar-refractivity contribution in [1.82, 2.24) is 5.32 Å². The Kier molecular flexibility index (Phi) is 5.99. The number of aryl methyl sites for hydroxylation is 2. The van der Waals surface area contributed by atoms with Gasteiger partial charge in [-0.3, -0.25) is 9.59 Å². The Bertz CT molecular complexity index is 742. The van der Waals surface area contributed by atoms with Gasteiger partial charge in [0.25, 0.3) is 0 Å². The van der Waals surface area contributed by atoms with Crippen molar-refractivity contribution in [2.75, 3.05) is 11.4 Å². The Morgan fingerprint density at radius 2 is 1.75 bits per heavy atom. The molecule has 0 saturated carbocycles. The summed E-state index contributed by atoms with van der Waals surface area (Å²) in [6, 6.07) is 13.1. The Labute approximate surface area is 147 Å². The summed E-state index contributed by atoms with van der Waals surface area (Å²) in [7, 11) is 0. The van der Waals surface area contributed by atoms with Gasteiger partial charge in [0.2, 0.25) is 11.8 Å². The molecule has 2 rings (SSSR count). The van der Waals surface area contributed by atoms with E-state index in [0.717, 1.165) is 22.4 Å². The first-order valence-electron chi connectivity index (χ1n) is 7.73. The Balaban J connectivity index is 2.03. The maximum atomic E-state index is 12.2. The largest absolute Gasteiger partial charge is 0.350 e. The van der Waals surface area contributed by atoms with Crippen molar-refractivity contribution in [3.63, 3.8) is 0 Å². The van der Waals surface area contributed by atoms with Gasteiger partial charge < -0.3 is 10.2 Å². The third kappa shape index (κ3) is 4.83. The molecule has 0 atom stereocenters. The van der Waals surface area contributed by atoms with Gasteiger partial charge in [-0.1, -0.05) is 41.4 Å². The van der Waals surface area contributed by atoms with E-state index in [1.54, 1.807) is 12.1 Å². The molecule has 0 aliphatic heterocycles. The van der Waals surface area contributed by atoms with Gasteiger partial charge in [-0.2, -0.15) is 0 Å². The van der Waals surface area contributed by atoms with Crippen molar-refractivity contribution < 1.29 is 9.59 Å². The highest BCUT2D eigenvalue weighted by Crippen LogP contribution is 2.21. The van der Waals surface area contributed by atoms with Gasteiger partial charge in [-0.15, -0.1) is 0 Å². The van der Waals surface area contributed by atoms with Crippen LogP contribution in [-0.4, -0.2) is 18.4 Å². The number of hydrogen-bond donors (Lipinski definition) is 1. The van der Waals surface area contributed by atoms with Crippen molar-refractivity contribution in [2.45, 2.75) is 27.3 Å². The van der Waals surface area contributed by atoms with Gasteiger partial charge in [0.15, 0.2) is 0 Å². The molecule has 0 heterocycles. The molecule has 0 aliphatic rings. The second-order valence-electron chi connectivity index (χ2n) is 5.80. The lowest BCUT2D eigenvalue weighted by molar-refractivity contribution is -0.123. The van der Waals surface area contributed by atoms with E-state index in [2.05, 4.69) is 5.32 Å². The average Bonchev–Trinajstić information content (AvgIpc) is 2.52. The van der Waals surface area contributed by atoms with Crippen LogP contribution < -0.4 is 10.2 Å². The summed E-state index contributed by atoms with van der Waals surface area (Å²) >= 11 is 5.84. The molecule has 0 spiro atoms. The first kappa shape index (κ1) is 18.0. The molecular formula is C19H21ClN2O2. The van der Waals surface area contributed by atoms with Crippen LogP contribution in [0.1, 0.15) is 23.6 Å². The Hall–Kier alpha value is -2.33.